The number of halogens is 1. The van der Waals surface area contributed by atoms with E-state index >= 15 is 0 Å². The van der Waals surface area contributed by atoms with Crippen LogP contribution in [0.5, 0.6) is 5.75 Å². The number of hydrogen-bond donors (Lipinski definition) is 2. The molecule has 0 radical (unpaired) electrons. The zero-order valence-electron chi connectivity index (χ0n) is 15.6. The molecule has 0 saturated carbocycles. The Bertz CT molecular complexity index is 658. The largest absolute Gasteiger partial charge is 0.491 e. The van der Waals surface area contributed by atoms with E-state index < -0.39 is 0 Å². The van der Waals surface area contributed by atoms with Crippen LogP contribution in [0, 0.1) is 0 Å². The fraction of sp³-hybridized carbons (Fsp3) is 0.444. The molecule has 0 aliphatic rings. The normalized spacial score (nSPS) is 11.0. The van der Waals surface area contributed by atoms with Crippen LogP contribution in [0.15, 0.2) is 41.5 Å². The van der Waals surface area contributed by atoms with Crippen molar-refractivity contribution in [2.75, 3.05) is 26.9 Å². The number of aliphatic imine (C=N–C) groups is 1. The minimum atomic E-state index is 0. The quantitative estimate of drug-likeness (QED) is 0.253. The highest BCUT2D eigenvalue weighted by Crippen LogP contribution is 2.12. The first-order chi connectivity index (χ1) is 12.2. The summed E-state index contributed by atoms with van der Waals surface area (Å²) in [6.45, 7) is 5.27. The van der Waals surface area contributed by atoms with E-state index in [1.165, 1.54) is 0 Å². The van der Waals surface area contributed by atoms with Crippen LogP contribution in [-0.4, -0.2) is 42.6 Å². The third-order valence-electron chi connectivity index (χ3n) is 3.60. The minimum Gasteiger partial charge on any atom is -0.491 e. The zero-order valence-corrected chi connectivity index (χ0v) is 17.9. The molecular formula is C18H28IN5O2. The smallest absolute Gasteiger partial charge is 0.191 e. The third kappa shape index (κ3) is 7.61. The first-order valence-electron chi connectivity index (χ1n) is 8.42. The van der Waals surface area contributed by atoms with E-state index in [1.54, 1.807) is 13.3 Å². The second-order valence-corrected chi connectivity index (χ2v) is 5.48. The van der Waals surface area contributed by atoms with Gasteiger partial charge in [0.2, 0.25) is 0 Å². The summed E-state index contributed by atoms with van der Waals surface area (Å²) in [6, 6.07) is 9.94. The van der Waals surface area contributed by atoms with Crippen LogP contribution >= 0.6 is 24.0 Å². The van der Waals surface area contributed by atoms with Crippen LogP contribution in [-0.2, 0) is 24.9 Å². The van der Waals surface area contributed by atoms with Crippen molar-refractivity contribution in [2.24, 2.45) is 12.0 Å². The van der Waals surface area contributed by atoms with Gasteiger partial charge in [-0.1, -0.05) is 12.1 Å². The van der Waals surface area contributed by atoms with Crippen molar-refractivity contribution in [3.63, 3.8) is 0 Å². The number of hydrogen-bond acceptors (Lipinski definition) is 4. The van der Waals surface area contributed by atoms with Crippen LogP contribution in [0.2, 0.25) is 0 Å². The Kier molecular flexibility index (Phi) is 10.7. The van der Waals surface area contributed by atoms with E-state index in [0.717, 1.165) is 29.5 Å². The van der Waals surface area contributed by atoms with E-state index in [-0.39, 0.29) is 24.0 Å². The van der Waals surface area contributed by atoms with Gasteiger partial charge in [-0.25, -0.2) is 4.99 Å². The molecule has 0 atom stereocenters. The summed E-state index contributed by atoms with van der Waals surface area (Å²) in [4.78, 5) is 4.62. The molecule has 0 spiro atoms. The van der Waals surface area contributed by atoms with Crippen molar-refractivity contribution >= 4 is 29.9 Å². The lowest BCUT2D eigenvalue weighted by Crippen LogP contribution is -2.37. The molecule has 144 valence electrons. The molecule has 8 heteroatoms. The van der Waals surface area contributed by atoms with Gasteiger partial charge in [-0.05, 0) is 30.7 Å². The zero-order chi connectivity index (χ0) is 17.9. The summed E-state index contributed by atoms with van der Waals surface area (Å²) < 4.78 is 12.4. The van der Waals surface area contributed by atoms with Gasteiger partial charge in [0.15, 0.2) is 5.96 Å². The molecular weight excluding hydrogens is 445 g/mol. The number of ether oxygens (including phenoxy) is 2. The number of benzene rings is 1. The van der Waals surface area contributed by atoms with Crippen LogP contribution in [0.25, 0.3) is 0 Å². The van der Waals surface area contributed by atoms with Crippen LogP contribution < -0.4 is 15.4 Å². The molecule has 7 nitrogen and oxygen atoms in total. The number of methoxy groups -OCH3 is 1. The van der Waals surface area contributed by atoms with E-state index in [9.17, 15) is 0 Å². The molecule has 0 unspecified atom stereocenters. The lowest BCUT2D eigenvalue weighted by molar-refractivity contribution is 0.146. The van der Waals surface area contributed by atoms with Gasteiger partial charge in [-0.15, -0.1) is 24.0 Å². The molecule has 0 aliphatic carbocycles. The minimum absolute atomic E-state index is 0. The summed E-state index contributed by atoms with van der Waals surface area (Å²) in [5.41, 5.74) is 2.22. The Hall–Kier alpha value is -1.81. The lowest BCUT2D eigenvalue weighted by Gasteiger charge is -2.11. The van der Waals surface area contributed by atoms with Crippen molar-refractivity contribution in [1.29, 1.82) is 0 Å². The Morgan fingerprint density at radius 3 is 2.54 bits per heavy atom. The average molecular weight is 473 g/mol. The van der Waals surface area contributed by atoms with Gasteiger partial charge in [0.1, 0.15) is 12.4 Å². The fourth-order valence-electron chi connectivity index (χ4n) is 2.20. The Morgan fingerprint density at radius 1 is 1.15 bits per heavy atom. The number of aryl methyl sites for hydroxylation is 1. The fourth-order valence-corrected chi connectivity index (χ4v) is 2.20. The molecule has 2 N–H and O–H groups in total. The number of nitrogens with one attached hydrogen (secondary N) is 2. The summed E-state index contributed by atoms with van der Waals surface area (Å²) >= 11 is 0. The van der Waals surface area contributed by atoms with Gasteiger partial charge in [0.05, 0.1) is 25.4 Å². The maximum Gasteiger partial charge on any atom is 0.191 e. The van der Waals surface area contributed by atoms with Gasteiger partial charge >= 0.3 is 0 Å². The molecule has 1 aromatic carbocycles. The second kappa shape index (κ2) is 12.5. The van der Waals surface area contributed by atoms with Gasteiger partial charge < -0.3 is 20.1 Å². The van der Waals surface area contributed by atoms with Crippen molar-refractivity contribution in [3.8, 4) is 5.75 Å². The topological polar surface area (TPSA) is 72.7 Å². The average Bonchev–Trinajstić information content (AvgIpc) is 3.04. The number of nitrogens with zero attached hydrogens (tertiary/aromatic N) is 3. The highest BCUT2D eigenvalue weighted by atomic mass is 127. The molecule has 1 heterocycles. The monoisotopic (exact) mass is 473 g/mol. The number of guanidine groups is 1. The summed E-state index contributed by atoms with van der Waals surface area (Å²) in [6.07, 6.45) is 1.79. The molecule has 0 bridgehead atoms. The summed E-state index contributed by atoms with van der Waals surface area (Å²) in [5, 5.41) is 10.7. The van der Waals surface area contributed by atoms with Gasteiger partial charge in [0, 0.05) is 26.9 Å². The maximum atomic E-state index is 5.56. The van der Waals surface area contributed by atoms with E-state index in [0.29, 0.717) is 26.3 Å². The number of rotatable bonds is 9. The predicted molar refractivity (Wildman–Crippen MR) is 114 cm³/mol. The van der Waals surface area contributed by atoms with E-state index in [1.807, 2.05) is 49.0 Å². The van der Waals surface area contributed by atoms with E-state index in [2.05, 4.69) is 20.7 Å². The first kappa shape index (κ1) is 22.2. The first-order valence-corrected chi connectivity index (χ1v) is 8.42. The summed E-state index contributed by atoms with van der Waals surface area (Å²) in [7, 11) is 3.59. The van der Waals surface area contributed by atoms with E-state index in [4.69, 9.17) is 9.47 Å². The second-order valence-electron chi connectivity index (χ2n) is 5.48. The van der Waals surface area contributed by atoms with Crippen molar-refractivity contribution in [3.05, 3.63) is 47.8 Å². The van der Waals surface area contributed by atoms with Crippen LogP contribution in [0.1, 0.15) is 18.2 Å². The third-order valence-corrected chi connectivity index (χ3v) is 3.60. The Balaban J connectivity index is 0.00000338. The molecule has 0 aliphatic heterocycles. The summed E-state index contributed by atoms with van der Waals surface area (Å²) in [5.74, 6) is 1.62. The Labute approximate surface area is 172 Å². The molecule has 0 saturated heterocycles. The molecule has 2 aromatic rings. The van der Waals surface area contributed by atoms with Crippen molar-refractivity contribution < 1.29 is 9.47 Å². The van der Waals surface area contributed by atoms with Crippen molar-refractivity contribution in [1.82, 2.24) is 20.4 Å². The van der Waals surface area contributed by atoms with Crippen molar-refractivity contribution in [2.45, 2.75) is 20.0 Å². The lowest BCUT2D eigenvalue weighted by atomic mass is 10.2. The van der Waals surface area contributed by atoms with Gasteiger partial charge in [-0.2, -0.15) is 5.10 Å². The molecule has 26 heavy (non-hydrogen) atoms. The molecule has 2 rings (SSSR count). The van der Waals surface area contributed by atoms with Crippen LogP contribution in [0.3, 0.4) is 0 Å². The molecule has 0 amide bonds. The number of aromatic nitrogens is 2. The molecule has 0 fully saturated rings. The van der Waals surface area contributed by atoms with Crippen LogP contribution in [0.4, 0.5) is 0 Å². The highest BCUT2D eigenvalue weighted by Gasteiger charge is 2.02. The predicted octanol–water partition coefficient (Wildman–Crippen LogP) is 2.32. The maximum absolute atomic E-state index is 5.56. The Morgan fingerprint density at radius 2 is 1.92 bits per heavy atom. The SMILES string of the molecule is CCNC(=NCc1ccc(OCCOC)cc1)NCc1ccnn1C.I. The van der Waals surface area contributed by atoms with Gasteiger partial charge in [-0.3, -0.25) is 4.68 Å². The molecule has 1 aromatic heterocycles. The standard InChI is InChI=1S/C18H27N5O2.HI/c1-4-19-18(21-14-16-9-10-22-23(16)2)20-13-15-5-7-17(8-6-15)25-12-11-24-3;/h5-10H,4,11-14H2,1-3H3,(H2,19,20,21);1H. The highest BCUT2D eigenvalue weighted by molar-refractivity contribution is 14.0. The van der Waals surface area contributed by atoms with Gasteiger partial charge in [0.25, 0.3) is 0 Å².